The summed E-state index contributed by atoms with van der Waals surface area (Å²) in [6.45, 7) is -0.668. The van der Waals surface area contributed by atoms with Crippen LogP contribution < -0.4 is 5.73 Å². The van der Waals surface area contributed by atoms with Gasteiger partial charge in [0.15, 0.2) is 0 Å². The Bertz CT molecular complexity index is 103. The molecule has 1 aliphatic rings. The molecule has 0 saturated heterocycles. The molecule has 0 bridgehead atoms. The Kier molecular flexibility index (Phi) is 1.73. The highest BCUT2D eigenvalue weighted by Crippen LogP contribution is 2.36. The summed E-state index contributed by atoms with van der Waals surface area (Å²) < 4.78 is 11.6. The van der Waals surface area contributed by atoms with Crippen molar-refractivity contribution in [2.24, 2.45) is 5.73 Å². The molecule has 54 valence electrons. The summed E-state index contributed by atoms with van der Waals surface area (Å²) in [5.74, 6) is 0. The second-order valence-electron chi connectivity index (χ2n) is 2.87. The molecule has 0 spiro atoms. The Morgan fingerprint density at radius 2 is 2.22 bits per heavy atom. The van der Waals surface area contributed by atoms with Crippen LogP contribution in [-0.2, 0) is 0 Å². The van der Waals surface area contributed by atoms with Gasteiger partial charge in [0.2, 0.25) is 0 Å². The average Bonchev–Trinajstić information content (AvgIpc) is 2.48. The van der Waals surface area contributed by atoms with Gasteiger partial charge in [0.25, 0.3) is 0 Å². The summed E-state index contributed by atoms with van der Waals surface area (Å²) in [6.07, 6.45) is 1.45. The fraction of sp³-hybridized carbons (Fsp3) is 1.00. The molecule has 0 aliphatic heterocycles. The van der Waals surface area contributed by atoms with Crippen molar-refractivity contribution in [3.63, 3.8) is 0 Å². The van der Waals surface area contributed by atoms with Crippen molar-refractivity contribution in [1.29, 1.82) is 0 Å². The van der Waals surface area contributed by atoms with Crippen LogP contribution >= 0.6 is 0 Å². The lowest BCUT2D eigenvalue weighted by atomic mass is 10.1. The third kappa shape index (κ3) is 1.91. The van der Waals surface area contributed by atoms with Crippen molar-refractivity contribution in [2.45, 2.75) is 30.9 Å². The maximum atomic E-state index is 11.6. The SMILES string of the molecule is NC1(CC(O)CF)CC1. The number of halogens is 1. The van der Waals surface area contributed by atoms with Gasteiger partial charge in [-0.15, -0.1) is 0 Å². The van der Waals surface area contributed by atoms with E-state index in [9.17, 15) is 4.39 Å². The molecular weight excluding hydrogens is 121 g/mol. The van der Waals surface area contributed by atoms with E-state index < -0.39 is 12.8 Å². The van der Waals surface area contributed by atoms with Crippen LogP contribution in [0.3, 0.4) is 0 Å². The topological polar surface area (TPSA) is 46.2 Å². The summed E-state index contributed by atoms with van der Waals surface area (Å²) in [6, 6.07) is 0. The monoisotopic (exact) mass is 133 g/mol. The van der Waals surface area contributed by atoms with Crippen LogP contribution in [0.15, 0.2) is 0 Å². The lowest BCUT2D eigenvalue weighted by molar-refractivity contribution is 0.120. The first-order valence-electron chi connectivity index (χ1n) is 3.19. The number of alkyl halides is 1. The van der Waals surface area contributed by atoms with Crippen molar-refractivity contribution >= 4 is 0 Å². The summed E-state index contributed by atoms with van der Waals surface area (Å²) in [5.41, 5.74) is 5.38. The van der Waals surface area contributed by atoms with E-state index in [1.54, 1.807) is 0 Å². The van der Waals surface area contributed by atoms with Crippen LogP contribution in [0.4, 0.5) is 4.39 Å². The number of rotatable bonds is 3. The molecule has 9 heavy (non-hydrogen) atoms. The molecule has 3 N–H and O–H groups in total. The first-order chi connectivity index (χ1) is 4.16. The average molecular weight is 133 g/mol. The third-order valence-electron chi connectivity index (χ3n) is 1.71. The van der Waals surface area contributed by atoms with E-state index >= 15 is 0 Å². The molecule has 0 radical (unpaired) electrons. The molecule has 1 fully saturated rings. The van der Waals surface area contributed by atoms with Crippen molar-refractivity contribution in [3.05, 3.63) is 0 Å². The van der Waals surface area contributed by atoms with Gasteiger partial charge in [0.1, 0.15) is 6.67 Å². The normalized spacial score (nSPS) is 25.7. The second kappa shape index (κ2) is 2.23. The van der Waals surface area contributed by atoms with Gasteiger partial charge in [0, 0.05) is 5.54 Å². The van der Waals surface area contributed by atoms with Gasteiger partial charge < -0.3 is 10.8 Å². The van der Waals surface area contributed by atoms with Gasteiger partial charge in [0.05, 0.1) is 6.10 Å². The van der Waals surface area contributed by atoms with Crippen LogP contribution in [0.25, 0.3) is 0 Å². The third-order valence-corrected chi connectivity index (χ3v) is 1.71. The van der Waals surface area contributed by atoms with Gasteiger partial charge >= 0.3 is 0 Å². The summed E-state index contributed by atoms with van der Waals surface area (Å²) in [5, 5.41) is 8.78. The minimum atomic E-state index is -0.836. The van der Waals surface area contributed by atoms with Crippen molar-refractivity contribution in [2.75, 3.05) is 6.67 Å². The summed E-state index contributed by atoms with van der Waals surface area (Å²) in [4.78, 5) is 0. The Morgan fingerprint density at radius 1 is 1.67 bits per heavy atom. The number of aliphatic hydroxyl groups excluding tert-OH is 1. The zero-order chi connectivity index (χ0) is 6.91. The molecule has 0 aromatic heterocycles. The number of hydrogen-bond donors (Lipinski definition) is 2. The number of nitrogens with two attached hydrogens (primary N) is 1. The van der Waals surface area contributed by atoms with Crippen LogP contribution in [0.5, 0.6) is 0 Å². The molecule has 1 atom stereocenters. The Hall–Kier alpha value is -0.150. The highest BCUT2D eigenvalue weighted by molar-refractivity contribution is 4.99. The van der Waals surface area contributed by atoms with Crippen molar-refractivity contribution in [3.8, 4) is 0 Å². The van der Waals surface area contributed by atoms with Crippen LogP contribution in [0, 0.1) is 0 Å². The zero-order valence-corrected chi connectivity index (χ0v) is 5.31. The maximum absolute atomic E-state index is 11.6. The first kappa shape index (κ1) is 6.96. The predicted octanol–water partition coefficient (Wildman–Crippen LogP) is 0.198. The molecule has 1 rings (SSSR count). The Balaban J connectivity index is 2.17. The first-order valence-corrected chi connectivity index (χ1v) is 3.19. The second-order valence-corrected chi connectivity index (χ2v) is 2.87. The molecule has 0 heterocycles. The van der Waals surface area contributed by atoms with Gasteiger partial charge in [-0.3, -0.25) is 0 Å². The Morgan fingerprint density at radius 3 is 2.56 bits per heavy atom. The predicted molar refractivity (Wildman–Crippen MR) is 32.8 cm³/mol. The number of hydrogen-bond acceptors (Lipinski definition) is 2. The Labute approximate surface area is 53.9 Å². The van der Waals surface area contributed by atoms with Gasteiger partial charge in [-0.25, -0.2) is 4.39 Å². The lowest BCUT2D eigenvalue weighted by Gasteiger charge is -2.10. The van der Waals surface area contributed by atoms with E-state index in [1.807, 2.05) is 0 Å². The van der Waals surface area contributed by atoms with Crippen molar-refractivity contribution < 1.29 is 9.50 Å². The molecule has 2 nitrogen and oxygen atoms in total. The maximum Gasteiger partial charge on any atom is 0.115 e. The zero-order valence-electron chi connectivity index (χ0n) is 5.31. The molecule has 0 aromatic rings. The van der Waals surface area contributed by atoms with Gasteiger partial charge in [-0.05, 0) is 19.3 Å². The molecule has 0 amide bonds. The molecule has 1 unspecified atom stereocenters. The quantitative estimate of drug-likeness (QED) is 0.577. The standard InChI is InChI=1S/C6H12FNO/c7-4-5(9)3-6(8)1-2-6/h5,9H,1-4,8H2. The molecule has 3 heteroatoms. The largest absolute Gasteiger partial charge is 0.390 e. The lowest BCUT2D eigenvalue weighted by Crippen LogP contribution is -2.28. The van der Waals surface area contributed by atoms with E-state index in [-0.39, 0.29) is 5.54 Å². The smallest absolute Gasteiger partial charge is 0.115 e. The minimum Gasteiger partial charge on any atom is -0.390 e. The minimum absolute atomic E-state index is 0.217. The fourth-order valence-electron chi connectivity index (χ4n) is 0.888. The molecule has 0 aromatic carbocycles. The molecule has 1 aliphatic carbocycles. The molecular formula is C6H12FNO. The van der Waals surface area contributed by atoms with E-state index in [0.29, 0.717) is 6.42 Å². The molecule has 1 saturated carbocycles. The number of aliphatic hydroxyl groups is 1. The van der Waals surface area contributed by atoms with Crippen LogP contribution in [0.1, 0.15) is 19.3 Å². The van der Waals surface area contributed by atoms with Crippen molar-refractivity contribution in [1.82, 2.24) is 0 Å². The van der Waals surface area contributed by atoms with E-state index in [4.69, 9.17) is 10.8 Å². The van der Waals surface area contributed by atoms with E-state index in [0.717, 1.165) is 12.8 Å². The highest BCUT2D eigenvalue weighted by Gasteiger charge is 2.39. The summed E-state index contributed by atoms with van der Waals surface area (Å²) in [7, 11) is 0. The fourth-order valence-corrected chi connectivity index (χ4v) is 0.888. The van der Waals surface area contributed by atoms with Crippen LogP contribution in [0.2, 0.25) is 0 Å². The summed E-state index contributed by atoms with van der Waals surface area (Å²) >= 11 is 0. The highest BCUT2D eigenvalue weighted by atomic mass is 19.1. The van der Waals surface area contributed by atoms with E-state index in [2.05, 4.69) is 0 Å². The van der Waals surface area contributed by atoms with Crippen LogP contribution in [-0.4, -0.2) is 23.4 Å². The van der Waals surface area contributed by atoms with Gasteiger partial charge in [-0.1, -0.05) is 0 Å². The van der Waals surface area contributed by atoms with E-state index in [1.165, 1.54) is 0 Å². The van der Waals surface area contributed by atoms with Gasteiger partial charge in [-0.2, -0.15) is 0 Å².